The number of carbonyl (C=O) groups excluding carboxylic acids is 3. The molecule has 2 aliphatic rings. The summed E-state index contributed by atoms with van der Waals surface area (Å²) in [6.45, 7) is 5.50. The normalized spacial score (nSPS) is 17.0. The molecular formula is C18H27N5O3. The van der Waals surface area contributed by atoms with Gasteiger partial charge >= 0.3 is 0 Å². The Morgan fingerprint density at radius 1 is 1.15 bits per heavy atom. The lowest BCUT2D eigenvalue weighted by Gasteiger charge is -2.32. The highest BCUT2D eigenvalue weighted by molar-refractivity contribution is 5.97. The van der Waals surface area contributed by atoms with Gasteiger partial charge in [0.1, 0.15) is 5.69 Å². The Kier molecular flexibility index (Phi) is 5.90. The molecule has 1 aromatic rings. The summed E-state index contributed by atoms with van der Waals surface area (Å²) in [5, 5.41) is 2.90. The molecule has 0 aromatic carbocycles. The van der Waals surface area contributed by atoms with Crippen LogP contribution in [0.1, 0.15) is 59.4 Å². The molecule has 0 bridgehead atoms. The SMILES string of the molecule is CCCCNC(=O)c1nc(C(=O)N2CCN(C=O)CC2)c2n1CCCC2. The second-order valence-corrected chi connectivity index (χ2v) is 6.88. The standard InChI is InChI=1S/C18H27N5O3/c1-2-3-7-19-17(25)16-20-15(14-6-4-5-8-23(14)16)18(26)22-11-9-21(13-24)10-12-22/h13H,2-12H2,1H3,(H,19,25). The number of rotatable bonds is 6. The second-order valence-electron chi connectivity index (χ2n) is 6.88. The predicted octanol–water partition coefficient (Wildman–Crippen LogP) is 0.664. The second kappa shape index (κ2) is 8.33. The third-order valence-corrected chi connectivity index (χ3v) is 5.09. The van der Waals surface area contributed by atoms with Gasteiger partial charge in [-0.05, 0) is 25.7 Å². The van der Waals surface area contributed by atoms with E-state index in [9.17, 15) is 14.4 Å². The van der Waals surface area contributed by atoms with Gasteiger partial charge < -0.3 is 19.7 Å². The highest BCUT2D eigenvalue weighted by atomic mass is 16.2. The van der Waals surface area contributed by atoms with Crippen molar-refractivity contribution in [3.8, 4) is 0 Å². The fraction of sp³-hybridized carbons (Fsp3) is 0.667. The van der Waals surface area contributed by atoms with Gasteiger partial charge in [0.05, 0.1) is 5.69 Å². The van der Waals surface area contributed by atoms with E-state index in [-0.39, 0.29) is 11.8 Å². The summed E-state index contributed by atoms with van der Waals surface area (Å²) in [7, 11) is 0. The molecule has 8 nitrogen and oxygen atoms in total. The quantitative estimate of drug-likeness (QED) is 0.596. The number of hydrogen-bond donors (Lipinski definition) is 1. The molecule has 0 unspecified atom stereocenters. The van der Waals surface area contributed by atoms with Crippen molar-refractivity contribution >= 4 is 18.2 Å². The number of fused-ring (bicyclic) bond motifs is 1. The zero-order valence-electron chi connectivity index (χ0n) is 15.4. The van der Waals surface area contributed by atoms with Crippen LogP contribution >= 0.6 is 0 Å². The van der Waals surface area contributed by atoms with Crippen LogP contribution in [0.25, 0.3) is 0 Å². The fourth-order valence-corrected chi connectivity index (χ4v) is 3.53. The largest absolute Gasteiger partial charge is 0.349 e. The van der Waals surface area contributed by atoms with Gasteiger partial charge in [0, 0.05) is 39.3 Å². The van der Waals surface area contributed by atoms with Crippen LogP contribution in [0.4, 0.5) is 0 Å². The van der Waals surface area contributed by atoms with Crippen molar-refractivity contribution < 1.29 is 14.4 Å². The fourth-order valence-electron chi connectivity index (χ4n) is 3.53. The molecular weight excluding hydrogens is 334 g/mol. The molecule has 1 saturated heterocycles. The summed E-state index contributed by atoms with van der Waals surface area (Å²) >= 11 is 0. The summed E-state index contributed by atoms with van der Waals surface area (Å²) in [6.07, 6.45) is 5.51. The number of aromatic nitrogens is 2. The molecule has 3 rings (SSSR count). The van der Waals surface area contributed by atoms with Crippen molar-refractivity contribution in [1.29, 1.82) is 0 Å². The number of unbranched alkanes of at least 4 members (excludes halogenated alkanes) is 1. The summed E-state index contributed by atoms with van der Waals surface area (Å²) < 4.78 is 1.92. The molecule has 26 heavy (non-hydrogen) atoms. The molecule has 3 amide bonds. The molecule has 3 heterocycles. The number of nitrogens with zero attached hydrogens (tertiary/aromatic N) is 4. The van der Waals surface area contributed by atoms with Crippen LogP contribution in [0.2, 0.25) is 0 Å². The molecule has 8 heteroatoms. The van der Waals surface area contributed by atoms with Crippen molar-refractivity contribution in [1.82, 2.24) is 24.7 Å². The zero-order valence-corrected chi connectivity index (χ0v) is 15.4. The number of piperazine rings is 1. The minimum atomic E-state index is -0.202. The minimum absolute atomic E-state index is 0.131. The maximum absolute atomic E-state index is 13.0. The van der Waals surface area contributed by atoms with E-state index in [1.54, 1.807) is 9.80 Å². The topological polar surface area (TPSA) is 87.5 Å². The first-order valence-corrected chi connectivity index (χ1v) is 9.52. The first kappa shape index (κ1) is 18.4. The molecule has 1 aromatic heterocycles. The predicted molar refractivity (Wildman–Crippen MR) is 95.9 cm³/mol. The molecule has 0 aliphatic carbocycles. The Morgan fingerprint density at radius 3 is 2.62 bits per heavy atom. The molecule has 2 aliphatic heterocycles. The van der Waals surface area contributed by atoms with Crippen molar-refractivity contribution in [3.05, 3.63) is 17.2 Å². The van der Waals surface area contributed by atoms with E-state index in [2.05, 4.69) is 17.2 Å². The minimum Gasteiger partial charge on any atom is -0.349 e. The van der Waals surface area contributed by atoms with Crippen LogP contribution < -0.4 is 5.32 Å². The Balaban J connectivity index is 1.80. The first-order valence-electron chi connectivity index (χ1n) is 9.52. The van der Waals surface area contributed by atoms with Crippen molar-refractivity contribution in [2.75, 3.05) is 32.7 Å². The lowest BCUT2D eigenvalue weighted by atomic mass is 10.1. The van der Waals surface area contributed by atoms with Gasteiger partial charge in [0.2, 0.25) is 6.41 Å². The Labute approximate surface area is 153 Å². The van der Waals surface area contributed by atoms with Crippen molar-refractivity contribution in [2.24, 2.45) is 0 Å². The van der Waals surface area contributed by atoms with Gasteiger partial charge in [0.25, 0.3) is 11.8 Å². The lowest BCUT2D eigenvalue weighted by molar-refractivity contribution is -0.119. The van der Waals surface area contributed by atoms with Crippen LogP contribution in [-0.4, -0.2) is 70.3 Å². The van der Waals surface area contributed by atoms with E-state index >= 15 is 0 Å². The van der Waals surface area contributed by atoms with Gasteiger partial charge in [0.15, 0.2) is 5.82 Å². The Bertz CT molecular complexity index is 677. The molecule has 142 valence electrons. The van der Waals surface area contributed by atoms with E-state index in [4.69, 9.17) is 0 Å². The number of amides is 3. The van der Waals surface area contributed by atoms with Gasteiger partial charge in [-0.1, -0.05) is 13.3 Å². The van der Waals surface area contributed by atoms with Crippen molar-refractivity contribution in [2.45, 2.75) is 45.6 Å². The molecule has 0 atom stereocenters. The number of carbonyl (C=O) groups is 3. The molecule has 1 fully saturated rings. The van der Waals surface area contributed by atoms with Gasteiger partial charge in [-0.15, -0.1) is 0 Å². The van der Waals surface area contributed by atoms with E-state index in [0.29, 0.717) is 44.2 Å². The number of nitrogens with one attached hydrogen (secondary N) is 1. The highest BCUT2D eigenvalue weighted by Crippen LogP contribution is 2.22. The van der Waals surface area contributed by atoms with E-state index in [1.165, 1.54) is 0 Å². The van der Waals surface area contributed by atoms with Crippen molar-refractivity contribution in [3.63, 3.8) is 0 Å². The van der Waals surface area contributed by atoms with Gasteiger partial charge in [-0.2, -0.15) is 0 Å². The molecule has 0 spiro atoms. The summed E-state index contributed by atoms with van der Waals surface area (Å²) in [6, 6.07) is 0. The highest BCUT2D eigenvalue weighted by Gasteiger charge is 2.31. The first-order chi connectivity index (χ1) is 12.7. The average Bonchev–Trinajstić information content (AvgIpc) is 3.07. The summed E-state index contributed by atoms with van der Waals surface area (Å²) in [4.78, 5) is 44.2. The zero-order chi connectivity index (χ0) is 18.5. The monoisotopic (exact) mass is 361 g/mol. The number of hydrogen-bond acceptors (Lipinski definition) is 4. The van der Waals surface area contributed by atoms with Crippen LogP contribution in [0, 0.1) is 0 Å². The maximum Gasteiger partial charge on any atom is 0.287 e. The number of imidazole rings is 1. The van der Waals surface area contributed by atoms with Gasteiger partial charge in [-0.3, -0.25) is 14.4 Å². The summed E-state index contributed by atoms with van der Waals surface area (Å²) in [5.74, 6) is 0.0194. The third-order valence-electron chi connectivity index (χ3n) is 5.09. The third kappa shape index (κ3) is 3.73. The van der Waals surface area contributed by atoms with Gasteiger partial charge in [-0.25, -0.2) is 4.98 Å². The molecule has 0 saturated carbocycles. The van der Waals surface area contributed by atoms with E-state index in [0.717, 1.165) is 50.8 Å². The van der Waals surface area contributed by atoms with Crippen LogP contribution in [0.3, 0.4) is 0 Å². The average molecular weight is 361 g/mol. The van der Waals surface area contributed by atoms with E-state index in [1.807, 2.05) is 4.57 Å². The molecule has 0 radical (unpaired) electrons. The van der Waals surface area contributed by atoms with Crippen LogP contribution in [0.5, 0.6) is 0 Å². The lowest BCUT2D eigenvalue weighted by Crippen LogP contribution is -2.48. The van der Waals surface area contributed by atoms with Crippen LogP contribution in [0.15, 0.2) is 0 Å². The Hall–Kier alpha value is -2.38. The van der Waals surface area contributed by atoms with E-state index < -0.39 is 0 Å². The molecule has 1 N–H and O–H groups in total. The summed E-state index contributed by atoms with van der Waals surface area (Å²) in [5.41, 5.74) is 1.28. The Morgan fingerprint density at radius 2 is 1.92 bits per heavy atom. The van der Waals surface area contributed by atoms with Crippen LogP contribution in [-0.2, 0) is 17.8 Å². The smallest absolute Gasteiger partial charge is 0.287 e. The maximum atomic E-state index is 13.0.